The van der Waals surface area contributed by atoms with E-state index in [2.05, 4.69) is 10.3 Å². The van der Waals surface area contributed by atoms with Gasteiger partial charge in [-0.3, -0.25) is 19.0 Å². The number of benzene rings is 2. The molecule has 3 aromatic rings. The zero-order valence-electron chi connectivity index (χ0n) is 16.3. The third-order valence-corrected chi connectivity index (χ3v) is 4.27. The van der Waals surface area contributed by atoms with Crippen molar-refractivity contribution in [2.75, 3.05) is 19.5 Å². The molecule has 154 valence electrons. The van der Waals surface area contributed by atoms with Crippen LogP contribution in [0.4, 0.5) is 5.69 Å². The summed E-state index contributed by atoms with van der Waals surface area (Å²) in [7, 11) is 2.92. The van der Waals surface area contributed by atoms with Gasteiger partial charge in [0, 0.05) is 5.56 Å². The highest BCUT2D eigenvalue weighted by Crippen LogP contribution is 2.32. The van der Waals surface area contributed by atoms with E-state index in [4.69, 9.17) is 9.47 Å². The predicted molar refractivity (Wildman–Crippen MR) is 109 cm³/mol. The molecule has 0 aliphatic rings. The minimum atomic E-state index is -1.24. The van der Waals surface area contributed by atoms with E-state index in [9.17, 15) is 19.5 Å². The molecule has 3 rings (SSSR count). The van der Waals surface area contributed by atoms with Crippen LogP contribution in [0.25, 0.3) is 11.4 Å². The Morgan fingerprint density at radius 2 is 1.83 bits per heavy atom. The molecule has 2 aromatic carbocycles. The summed E-state index contributed by atoms with van der Waals surface area (Å²) in [6.45, 7) is -0.656. The van der Waals surface area contributed by atoms with Gasteiger partial charge in [-0.2, -0.15) is 0 Å². The largest absolute Gasteiger partial charge is 0.497 e. The highest BCUT2D eigenvalue weighted by Gasteiger charge is 2.19. The van der Waals surface area contributed by atoms with Gasteiger partial charge in [0.25, 0.3) is 11.5 Å². The molecular weight excluding hydrogens is 390 g/mol. The van der Waals surface area contributed by atoms with E-state index in [1.54, 1.807) is 48.5 Å². The number of carbonyl (C=O) groups is 2. The molecule has 0 bridgehead atoms. The van der Waals surface area contributed by atoms with Gasteiger partial charge >= 0.3 is 5.97 Å². The van der Waals surface area contributed by atoms with E-state index in [1.807, 2.05) is 0 Å². The van der Waals surface area contributed by atoms with Crippen LogP contribution in [-0.4, -0.2) is 40.8 Å². The van der Waals surface area contributed by atoms with Gasteiger partial charge in [0.05, 0.1) is 26.0 Å². The van der Waals surface area contributed by atoms with Crippen LogP contribution in [0.5, 0.6) is 11.5 Å². The van der Waals surface area contributed by atoms with Crippen molar-refractivity contribution in [2.45, 2.75) is 6.54 Å². The van der Waals surface area contributed by atoms with Gasteiger partial charge in [0.2, 0.25) is 0 Å². The fraction of sp³-hybridized carbons (Fsp3) is 0.143. The van der Waals surface area contributed by atoms with Crippen molar-refractivity contribution in [1.82, 2.24) is 9.55 Å². The van der Waals surface area contributed by atoms with Gasteiger partial charge in [0.1, 0.15) is 29.6 Å². The minimum Gasteiger partial charge on any atom is -0.497 e. The normalized spacial score (nSPS) is 10.3. The average Bonchev–Trinajstić information content (AvgIpc) is 2.76. The van der Waals surface area contributed by atoms with Crippen LogP contribution in [0.15, 0.2) is 59.5 Å². The van der Waals surface area contributed by atoms with Crippen molar-refractivity contribution in [2.24, 2.45) is 0 Å². The number of carbonyl (C=O) groups excluding carboxylic acids is 1. The first-order chi connectivity index (χ1) is 14.4. The molecule has 0 saturated heterocycles. The maximum Gasteiger partial charge on any atom is 0.323 e. The summed E-state index contributed by atoms with van der Waals surface area (Å²) in [5.41, 5.74) is -0.136. The first kappa shape index (κ1) is 20.6. The van der Waals surface area contributed by atoms with Crippen LogP contribution >= 0.6 is 0 Å². The Labute approximate surface area is 171 Å². The summed E-state index contributed by atoms with van der Waals surface area (Å²) in [4.78, 5) is 41.0. The lowest BCUT2D eigenvalue weighted by molar-refractivity contribution is -0.137. The average molecular weight is 409 g/mol. The Bertz CT molecular complexity index is 1140. The Hall–Kier alpha value is -4.14. The highest BCUT2D eigenvalue weighted by molar-refractivity contribution is 6.04. The van der Waals surface area contributed by atoms with Crippen LogP contribution in [-0.2, 0) is 11.3 Å². The molecule has 1 heterocycles. The quantitative estimate of drug-likeness (QED) is 0.614. The van der Waals surface area contributed by atoms with Crippen LogP contribution in [0.1, 0.15) is 10.4 Å². The summed E-state index contributed by atoms with van der Waals surface area (Å²) in [6, 6.07) is 13.2. The number of anilines is 1. The van der Waals surface area contributed by atoms with E-state index in [0.717, 1.165) is 4.57 Å². The Morgan fingerprint density at radius 3 is 2.47 bits per heavy atom. The summed E-state index contributed by atoms with van der Waals surface area (Å²) in [5.74, 6) is -0.834. The third-order valence-electron chi connectivity index (χ3n) is 4.27. The molecule has 0 fully saturated rings. The van der Waals surface area contributed by atoms with E-state index in [1.165, 1.54) is 20.4 Å². The smallest absolute Gasteiger partial charge is 0.323 e. The standard InChI is InChI=1S/C21H19N3O6/c1-29-14-8-9-17(30-2)15(10-14)19-22-11-16(21(28)24(19)12-18(25)26)23-20(27)13-6-4-3-5-7-13/h3-11H,12H2,1-2H3,(H,23,27)(H,25,26). The van der Waals surface area contributed by atoms with Crippen molar-refractivity contribution >= 4 is 17.6 Å². The van der Waals surface area contributed by atoms with Gasteiger partial charge in [0.15, 0.2) is 0 Å². The number of methoxy groups -OCH3 is 2. The minimum absolute atomic E-state index is 0.0656. The van der Waals surface area contributed by atoms with Gasteiger partial charge < -0.3 is 19.9 Å². The summed E-state index contributed by atoms with van der Waals surface area (Å²) >= 11 is 0. The highest BCUT2D eigenvalue weighted by atomic mass is 16.5. The van der Waals surface area contributed by atoms with Crippen molar-refractivity contribution in [1.29, 1.82) is 0 Å². The monoisotopic (exact) mass is 409 g/mol. The molecule has 0 saturated carbocycles. The SMILES string of the molecule is COc1ccc(OC)c(-c2ncc(NC(=O)c3ccccc3)c(=O)n2CC(=O)O)c1. The maximum atomic E-state index is 13.0. The van der Waals surface area contributed by atoms with Gasteiger partial charge in [-0.05, 0) is 30.3 Å². The molecule has 0 atom stereocenters. The second-order valence-electron chi connectivity index (χ2n) is 6.17. The van der Waals surface area contributed by atoms with Crippen molar-refractivity contribution in [3.63, 3.8) is 0 Å². The Morgan fingerprint density at radius 1 is 1.10 bits per heavy atom. The second-order valence-corrected chi connectivity index (χ2v) is 6.17. The number of nitrogens with zero attached hydrogens (tertiary/aromatic N) is 2. The molecule has 9 nitrogen and oxygen atoms in total. The van der Waals surface area contributed by atoms with Crippen LogP contribution in [0, 0.1) is 0 Å². The lowest BCUT2D eigenvalue weighted by Gasteiger charge is -2.15. The topological polar surface area (TPSA) is 120 Å². The molecular formula is C21H19N3O6. The van der Waals surface area contributed by atoms with E-state index >= 15 is 0 Å². The van der Waals surface area contributed by atoms with E-state index in [-0.39, 0.29) is 11.5 Å². The maximum absolute atomic E-state index is 13.0. The zero-order valence-corrected chi connectivity index (χ0v) is 16.3. The van der Waals surface area contributed by atoms with E-state index < -0.39 is 24.0 Å². The number of carboxylic acids is 1. The number of ether oxygens (including phenoxy) is 2. The first-order valence-electron chi connectivity index (χ1n) is 8.85. The fourth-order valence-electron chi connectivity index (χ4n) is 2.85. The van der Waals surface area contributed by atoms with Crippen molar-refractivity contribution in [3.05, 3.63) is 70.6 Å². The van der Waals surface area contributed by atoms with Crippen LogP contribution in [0.2, 0.25) is 0 Å². The van der Waals surface area contributed by atoms with Gasteiger partial charge in [-0.1, -0.05) is 18.2 Å². The molecule has 1 amide bonds. The Balaban J connectivity index is 2.10. The van der Waals surface area contributed by atoms with E-state index in [0.29, 0.717) is 22.6 Å². The van der Waals surface area contributed by atoms with Crippen molar-refractivity contribution < 1.29 is 24.2 Å². The number of carboxylic acid groups (broad SMARTS) is 1. The zero-order chi connectivity index (χ0) is 21.7. The number of rotatable bonds is 7. The lowest BCUT2D eigenvalue weighted by atomic mass is 10.1. The third kappa shape index (κ3) is 4.30. The van der Waals surface area contributed by atoms with Crippen LogP contribution < -0.4 is 20.3 Å². The summed E-state index contributed by atoms with van der Waals surface area (Å²) < 4.78 is 11.5. The van der Waals surface area contributed by atoms with Crippen LogP contribution in [0.3, 0.4) is 0 Å². The number of hydrogen-bond donors (Lipinski definition) is 2. The number of aliphatic carboxylic acids is 1. The number of hydrogen-bond acceptors (Lipinski definition) is 6. The lowest BCUT2D eigenvalue weighted by Crippen LogP contribution is -2.30. The van der Waals surface area contributed by atoms with Gasteiger partial charge in [-0.15, -0.1) is 0 Å². The molecule has 30 heavy (non-hydrogen) atoms. The molecule has 0 aliphatic carbocycles. The van der Waals surface area contributed by atoms with Gasteiger partial charge in [-0.25, -0.2) is 4.98 Å². The Kier molecular flexibility index (Phi) is 6.11. The molecule has 0 spiro atoms. The number of amides is 1. The molecule has 0 radical (unpaired) electrons. The fourth-order valence-corrected chi connectivity index (χ4v) is 2.85. The molecule has 0 aliphatic heterocycles. The molecule has 9 heteroatoms. The predicted octanol–water partition coefficient (Wildman–Crippen LogP) is 2.26. The summed E-state index contributed by atoms with van der Waals surface area (Å²) in [6.07, 6.45) is 1.19. The molecule has 0 unspecified atom stereocenters. The second kappa shape index (κ2) is 8.91. The van der Waals surface area contributed by atoms with Crippen molar-refractivity contribution in [3.8, 4) is 22.9 Å². The molecule has 2 N–H and O–H groups in total. The summed E-state index contributed by atoms with van der Waals surface area (Å²) in [5, 5.41) is 11.8. The molecule has 1 aromatic heterocycles. The number of nitrogens with one attached hydrogen (secondary N) is 1. The first-order valence-corrected chi connectivity index (χ1v) is 8.85. The number of aromatic nitrogens is 2.